The van der Waals surface area contributed by atoms with Crippen molar-refractivity contribution < 1.29 is 19.1 Å². The van der Waals surface area contributed by atoms with Crippen LogP contribution in [0.3, 0.4) is 0 Å². The van der Waals surface area contributed by atoms with Crippen molar-refractivity contribution in [2.45, 2.75) is 19.4 Å². The van der Waals surface area contributed by atoms with Crippen molar-refractivity contribution in [1.29, 1.82) is 0 Å². The molecular formula is C20H18N4O5. The van der Waals surface area contributed by atoms with E-state index in [0.717, 1.165) is 5.56 Å². The van der Waals surface area contributed by atoms with Crippen molar-refractivity contribution in [3.63, 3.8) is 0 Å². The van der Waals surface area contributed by atoms with Crippen LogP contribution in [0.2, 0.25) is 0 Å². The van der Waals surface area contributed by atoms with Crippen LogP contribution in [-0.4, -0.2) is 33.6 Å². The summed E-state index contributed by atoms with van der Waals surface area (Å²) in [6, 6.07) is 8.29. The number of amides is 1. The molecular weight excluding hydrogens is 376 g/mol. The number of aromatic hydroxyl groups is 1. The number of aryl methyl sites for hydroxylation is 1. The summed E-state index contributed by atoms with van der Waals surface area (Å²) >= 11 is 0. The zero-order chi connectivity index (χ0) is 20.7. The van der Waals surface area contributed by atoms with E-state index in [9.17, 15) is 14.7 Å². The molecule has 3 aromatic rings. The van der Waals surface area contributed by atoms with Gasteiger partial charge in [0.15, 0.2) is 5.82 Å². The Bertz CT molecular complexity index is 1210. The second kappa shape index (κ2) is 6.93. The zero-order valence-corrected chi connectivity index (χ0v) is 15.7. The molecule has 0 bridgehead atoms. The number of ether oxygens (including phenoxy) is 1. The van der Waals surface area contributed by atoms with Gasteiger partial charge in [0.1, 0.15) is 28.4 Å². The van der Waals surface area contributed by atoms with Gasteiger partial charge in [-0.2, -0.15) is 5.10 Å². The van der Waals surface area contributed by atoms with Crippen molar-refractivity contribution in [2.24, 2.45) is 10.7 Å². The van der Waals surface area contributed by atoms with E-state index >= 15 is 0 Å². The minimum atomic E-state index is -0.709. The van der Waals surface area contributed by atoms with Crippen LogP contribution >= 0.6 is 0 Å². The summed E-state index contributed by atoms with van der Waals surface area (Å²) in [6.45, 7) is 1.56. The number of benzene rings is 1. The second-order valence-electron chi connectivity index (χ2n) is 6.65. The highest BCUT2D eigenvalue weighted by Crippen LogP contribution is 2.37. The molecule has 9 heteroatoms. The summed E-state index contributed by atoms with van der Waals surface area (Å²) in [5.41, 5.74) is 5.93. The fourth-order valence-corrected chi connectivity index (χ4v) is 3.44. The molecule has 0 saturated heterocycles. The van der Waals surface area contributed by atoms with E-state index in [4.69, 9.17) is 14.9 Å². The maximum absolute atomic E-state index is 12.4. The molecule has 0 fully saturated rings. The van der Waals surface area contributed by atoms with Crippen LogP contribution in [0.4, 0.5) is 5.82 Å². The van der Waals surface area contributed by atoms with Gasteiger partial charge < -0.3 is 20.0 Å². The molecule has 1 atom stereocenters. The molecule has 0 spiro atoms. The number of primary amides is 1. The standard InChI is InChI=1S/C20H18N4O5/c1-10-6-16(25)17(20(27)29-10)14-8-15(11-4-3-5-12(7-11)28-2)24-19(23-14)13(9-22-24)18(21)26/h3-7,9,15,25H,8H2,1-2H3,(H2,21,26). The third-order valence-corrected chi connectivity index (χ3v) is 4.78. The molecule has 1 aromatic carbocycles. The summed E-state index contributed by atoms with van der Waals surface area (Å²) in [4.78, 5) is 28.7. The maximum Gasteiger partial charge on any atom is 0.348 e. The average Bonchev–Trinajstić information content (AvgIpc) is 3.11. The van der Waals surface area contributed by atoms with Gasteiger partial charge in [-0.05, 0) is 24.6 Å². The number of hydrogen-bond donors (Lipinski definition) is 2. The van der Waals surface area contributed by atoms with E-state index in [1.54, 1.807) is 24.8 Å². The lowest BCUT2D eigenvalue weighted by molar-refractivity contribution is 0.100. The Morgan fingerprint density at radius 3 is 2.86 bits per heavy atom. The predicted octanol–water partition coefficient (Wildman–Crippen LogP) is 2.07. The largest absolute Gasteiger partial charge is 0.507 e. The van der Waals surface area contributed by atoms with Crippen molar-refractivity contribution in [2.75, 3.05) is 7.11 Å². The first-order valence-corrected chi connectivity index (χ1v) is 8.82. The van der Waals surface area contributed by atoms with Crippen LogP contribution in [0.1, 0.15) is 39.7 Å². The van der Waals surface area contributed by atoms with Gasteiger partial charge in [0.2, 0.25) is 0 Å². The molecule has 148 valence electrons. The van der Waals surface area contributed by atoms with E-state index in [-0.39, 0.29) is 40.6 Å². The molecule has 1 unspecified atom stereocenters. The zero-order valence-electron chi connectivity index (χ0n) is 15.7. The Hall–Kier alpha value is -3.88. The smallest absolute Gasteiger partial charge is 0.348 e. The van der Waals surface area contributed by atoms with E-state index in [1.807, 2.05) is 18.2 Å². The molecule has 1 aliphatic rings. The number of carbonyl (C=O) groups excluding carboxylic acids is 1. The Balaban J connectivity index is 1.93. The molecule has 9 nitrogen and oxygen atoms in total. The number of hydrogen-bond acceptors (Lipinski definition) is 7. The monoisotopic (exact) mass is 394 g/mol. The fraction of sp³-hybridized carbons (Fsp3) is 0.200. The van der Waals surface area contributed by atoms with Gasteiger partial charge in [-0.25, -0.2) is 14.5 Å². The van der Waals surface area contributed by atoms with Crippen LogP contribution < -0.4 is 16.1 Å². The van der Waals surface area contributed by atoms with E-state index < -0.39 is 17.6 Å². The summed E-state index contributed by atoms with van der Waals surface area (Å²) in [5, 5.41) is 14.6. The molecule has 0 aliphatic carbocycles. The highest BCUT2D eigenvalue weighted by Gasteiger charge is 2.31. The van der Waals surface area contributed by atoms with Gasteiger partial charge in [-0.1, -0.05) is 12.1 Å². The highest BCUT2D eigenvalue weighted by molar-refractivity contribution is 6.06. The van der Waals surface area contributed by atoms with Gasteiger partial charge in [0.25, 0.3) is 5.91 Å². The van der Waals surface area contributed by atoms with Crippen molar-refractivity contribution in [1.82, 2.24) is 9.78 Å². The minimum Gasteiger partial charge on any atom is -0.507 e. The summed E-state index contributed by atoms with van der Waals surface area (Å²) < 4.78 is 12.0. The summed E-state index contributed by atoms with van der Waals surface area (Å²) in [6.07, 6.45) is 1.58. The van der Waals surface area contributed by atoms with Gasteiger partial charge in [0.05, 0.1) is 25.1 Å². The van der Waals surface area contributed by atoms with Crippen molar-refractivity contribution in [3.05, 3.63) is 69.4 Å². The van der Waals surface area contributed by atoms with Gasteiger partial charge in [-0.3, -0.25) is 4.79 Å². The molecule has 0 radical (unpaired) electrons. The second-order valence-corrected chi connectivity index (χ2v) is 6.65. The Morgan fingerprint density at radius 1 is 1.38 bits per heavy atom. The van der Waals surface area contributed by atoms with Crippen LogP contribution in [0, 0.1) is 6.92 Å². The van der Waals surface area contributed by atoms with E-state index in [1.165, 1.54) is 12.3 Å². The molecule has 4 rings (SSSR count). The molecule has 1 amide bonds. The number of rotatable bonds is 4. The Morgan fingerprint density at radius 2 is 2.17 bits per heavy atom. The van der Waals surface area contributed by atoms with Crippen molar-refractivity contribution in [3.8, 4) is 11.5 Å². The van der Waals surface area contributed by atoms with Crippen LogP contribution in [0.15, 0.2) is 50.7 Å². The molecule has 0 saturated carbocycles. The third kappa shape index (κ3) is 3.16. The van der Waals surface area contributed by atoms with Crippen LogP contribution in [0.5, 0.6) is 11.5 Å². The molecule has 3 N–H and O–H groups in total. The van der Waals surface area contributed by atoms with Crippen LogP contribution in [0.25, 0.3) is 0 Å². The Labute approximate surface area is 165 Å². The SMILES string of the molecule is COc1cccc(C2CC(c3c(O)cc(C)oc3=O)=Nc3c(C(N)=O)cnn32)c1. The first-order valence-electron chi connectivity index (χ1n) is 8.82. The summed E-state index contributed by atoms with van der Waals surface area (Å²) in [7, 11) is 1.56. The number of nitrogens with zero attached hydrogens (tertiary/aromatic N) is 3. The topological polar surface area (TPSA) is 133 Å². The lowest BCUT2D eigenvalue weighted by Crippen LogP contribution is -2.25. The number of methoxy groups -OCH3 is 1. The van der Waals surface area contributed by atoms with Gasteiger partial charge in [-0.15, -0.1) is 0 Å². The molecule has 29 heavy (non-hydrogen) atoms. The quantitative estimate of drug-likeness (QED) is 0.696. The molecule has 1 aliphatic heterocycles. The first kappa shape index (κ1) is 18.5. The normalized spacial score (nSPS) is 15.5. The lowest BCUT2D eigenvalue weighted by Gasteiger charge is -2.25. The predicted molar refractivity (Wildman–Crippen MR) is 104 cm³/mol. The average molecular weight is 394 g/mol. The first-order chi connectivity index (χ1) is 13.9. The van der Waals surface area contributed by atoms with E-state index in [2.05, 4.69) is 10.1 Å². The number of aliphatic imine (C=N–C) groups is 1. The van der Waals surface area contributed by atoms with Crippen LogP contribution in [-0.2, 0) is 0 Å². The fourth-order valence-electron chi connectivity index (χ4n) is 3.44. The van der Waals surface area contributed by atoms with Gasteiger partial charge >= 0.3 is 5.63 Å². The van der Waals surface area contributed by atoms with Gasteiger partial charge in [0, 0.05) is 12.5 Å². The maximum atomic E-state index is 12.4. The number of fused-ring (bicyclic) bond motifs is 1. The van der Waals surface area contributed by atoms with Crippen molar-refractivity contribution >= 4 is 17.4 Å². The number of nitrogens with two attached hydrogens (primary N) is 1. The third-order valence-electron chi connectivity index (χ3n) is 4.78. The summed E-state index contributed by atoms with van der Waals surface area (Å²) in [5.74, 6) is 0.204. The number of carbonyl (C=O) groups is 1. The minimum absolute atomic E-state index is 0.0497. The Kier molecular flexibility index (Phi) is 4.42. The number of aromatic nitrogens is 2. The highest BCUT2D eigenvalue weighted by atomic mass is 16.5. The van der Waals surface area contributed by atoms with E-state index in [0.29, 0.717) is 5.75 Å². The lowest BCUT2D eigenvalue weighted by atomic mass is 9.95. The molecule has 3 heterocycles. The molecule has 2 aromatic heterocycles.